The number of carbonyl (C=O) groups is 1. The second-order valence-corrected chi connectivity index (χ2v) is 11.4. The number of ether oxygens (including phenoxy) is 1. The molecule has 32 heavy (non-hydrogen) atoms. The Hall–Kier alpha value is -1.48. The van der Waals surface area contributed by atoms with Gasteiger partial charge in [0.1, 0.15) is 0 Å². The maximum atomic E-state index is 12.8. The lowest BCUT2D eigenvalue weighted by Crippen LogP contribution is -2.59. The molecule has 0 bridgehead atoms. The molecule has 8 heteroatoms. The van der Waals surface area contributed by atoms with E-state index in [-0.39, 0.29) is 17.9 Å². The molecule has 1 saturated carbocycles. The number of nitrogens with one attached hydrogen (secondary N) is 1. The van der Waals surface area contributed by atoms with Crippen molar-refractivity contribution in [1.82, 2.24) is 14.5 Å². The summed E-state index contributed by atoms with van der Waals surface area (Å²) in [6, 6.07) is 6.83. The normalized spacial score (nSPS) is 23.0. The highest BCUT2D eigenvalue weighted by atomic mass is 32.2. The summed E-state index contributed by atoms with van der Waals surface area (Å²) in [7, 11) is -3.44. The Labute approximate surface area is 192 Å². The minimum atomic E-state index is -3.44. The van der Waals surface area contributed by atoms with Crippen LogP contribution >= 0.6 is 0 Å². The Morgan fingerprint density at radius 3 is 2.19 bits per heavy atom. The lowest BCUT2D eigenvalue weighted by molar-refractivity contribution is -0.121. The largest absolute Gasteiger partial charge is 0.379 e. The SMILES string of the molecule is O=C(Cc1ccc(S(=O)(=O)N2CCCCC2)cc1)NCC1(N2CCOCC2)CCCCC1. The van der Waals surface area contributed by atoms with E-state index in [4.69, 9.17) is 4.74 Å². The van der Waals surface area contributed by atoms with Gasteiger partial charge in [-0.1, -0.05) is 37.8 Å². The number of amides is 1. The lowest BCUT2D eigenvalue weighted by atomic mass is 9.79. The summed E-state index contributed by atoms with van der Waals surface area (Å²) in [5.41, 5.74) is 0.883. The topological polar surface area (TPSA) is 79.0 Å². The first-order valence-electron chi connectivity index (χ1n) is 12.2. The highest BCUT2D eigenvalue weighted by Crippen LogP contribution is 2.34. The van der Waals surface area contributed by atoms with Gasteiger partial charge in [0.25, 0.3) is 0 Å². The van der Waals surface area contributed by atoms with Crippen LogP contribution in [0.3, 0.4) is 0 Å². The van der Waals surface area contributed by atoms with Gasteiger partial charge >= 0.3 is 0 Å². The summed E-state index contributed by atoms with van der Waals surface area (Å²) in [6.45, 7) is 5.26. The highest BCUT2D eigenvalue weighted by molar-refractivity contribution is 7.89. The number of sulfonamides is 1. The van der Waals surface area contributed by atoms with Crippen LogP contribution in [0.4, 0.5) is 0 Å². The molecule has 0 atom stereocenters. The first-order chi connectivity index (χ1) is 15.5. The second-order valence-electron chi connectivity index (χ2n) is 9.45. The van der Waals surface area contributed by atoms with Crippen molar-refractivity contribution in [3.63, 3.8) is 0 Å². The van der Waals surface area contributed by atoms with Gasteiger partial charge in [0.15, 0.2) is 0 Å². The van der Waals surface area contributed by atoms with Crippen molar-refractivity contribution in [2.24, 2.45) is 0 Å². The van der Waals surface area contributed by atoms with E-state index in [1.807, 2.05) is 0 Å². The molecule has 1 aromatic rings. The molecule has 0 radical (unpaired) electrons. The Morgan fingerprint density at radius 1 is 0.906 bits per heavy atom. The summed E-state index contributed by atoms with van der Waals surface area (Å²) in [6.07, 6.45) is 9.13. The molecular formula is C24H37N3O4S. The zero-order valence-electron chi connectivity index (χ0n) is 19.1. The molecule has 2 aliphatic heterocycles. The summed E-state index contributed by atoms with van der Waals surface area (Å²) in [4.78, 5) is 15.6. The number of rotatable bonds is 7. The maximum Gasteiger partial charge on any atom is 0.243 e. The predicted octanol–water partition coefficient (Wildman–Crippen LogP) is 2.55. The zero-order valence-corrected chi connectivity index (χ0v) is 19.9. The van der Waals surface area contributed by atoms with E-state index in [2.05, 4.69) is 10.2 Å². The number of nitrogens with zero attached hydrogens (tertiary/aromatic N) is 2. The Bertz CT molecular complexity index is 854. The average molecular weight is 464 g/mol. The third-order valence-electron chi connectivity index (χ3n) is 7.32. The molecule has 7 nitrogen and oxygen atoms in total. The summed E-state index contributed by atoms with van der Waals surface area (Å²) >= 11 is 0. The van der Waals surface area contributed by atoms with Crippen LogP contribution in [0.15, 0.2) is 29.2 Å². The second kappa shape index (κ2) is 10.6. The lowest BCUT2D eigenvalue weighted by Gasteiger charge is -2.48. The fraction of sp³-hybridized carbons (Fsp3) is 0.708. The summed E-state index contributed by atoms with van der Waals surface area (Å²) < 4.78 is 32.7. The van der Waals surface area contributed by atoms with Gasteiger partial charge in [-0.25, -0.2) is 8.42 Å². The van der Waals surface area contributed by atoms with Gasteiger partial charge < -0.3 is 10.1 Å². The quantitative estimate of drug-likeness (QED) is 0.672. The highest BCUT2D eigenvalue weighted by Gasteiger charge is 2.38. The molecule has 0 aromatic heterocycles. The van der Waals surface area contributed by atoms with Crippen LogP contribution in [0.5, 0.6) is 0 Å². The van der Waals surface area contributed by atoms with E-state index >= 15 is 0 Å². The molecule has 3 aliphatic rings. The standard InChI is InChI=1S/C24H37N3O4S/c28-23(25-20-24(11-3-1-4-12-24)26-15-17-31-18-16-26)19-21-7-9-22(10-8-21)32(29,30)27-13-5-2-6-14-27/h7-10H,1-6,11-20H2,(H,25,28). The van der Waals surface area contributed by atoms with Gasteiger partial charge in [-0.2, -0.15) is 4.31 Å². The molecule has 1 aromatic carbocycles. The van der Waals surface area contributed by atoms with Crippen LogP contribution in [0.2, 0.25) is 0 Å². The van der Waals surface area contributed by atoms with E-state index in [0.717, 1.165) is 64.0 Å². The summed E-state index contributed by atoms with van der Waals surface area (Å²) in [5, 5.41) is 3.19. The minimum absolute atomic E-state index is 0.00477. The fourth-order valence-corrected chi connectivity index (χ4v) is 6.91. The Morgan fingerprint density at radius 2 is 1.53 bits per heavy atom. The molecule has 1 amide bonds. The third-order valence-corrected chi connectivity index (χ3v) is 9.23. The van der Waals surface area contributed by atoms with Crippen LogP contribution in [-0.2, 0) is 26.0 Å². The molecular weight excluding hydrogens is 426 g/mol. The number of hydrogen-bond acceptors (Lipinski definition) is 5. The van der Waals surface area contributed by atoms with Crippen molar-refractivity contribution in [1.29, 1.82) is 0 Å². The first-order valence-corrected chi connectivity index (χ1v) is 13.6. The van der Waals surface area contributed by atoms with Crippen LogP contribution in [0, 0.1) is 0 Å². The molecule has 2 saturated heterocycles. The van der Waals surface area contributed by atoms with Crippen molar-refractivity contribution >= 4 is 15.9 Å². The average Bonchev–Trinajstić information content (AvgIpc) is 2.85. The number of carbonyl (C=O) groups excluding carboxylic acids is 1. The summed E-state index contributed by atoms with van der Waals surface area (Å²) in [5.74, 6) is -0.00477. The van der Waals surface area contributed by atoms with Crippen LogP contribution in [0.1, 0.15) is 56.9 Å². The molecule has 3 fully saturated rings. The van der Waals surface area contributed by atoms with E-state index in [1.54, 1.807) is 28.6 Å². The van der Waals surface area contributed by atoms with Gasteiger partial charge in [-0.15, -0.1) is 0 Å². The van der Waals surface area contributed by atoms with Gasteiger partial charge in [-0.3, -0.25) is 9.69 Å². The van der Waals surface area contributed by atoms with Crippen LogP contribution in [-0.4, -0.2) is 75.0 Å². The van der Waals surface area contributed by atoms with E-state index in [0.29, 0.717) is 24.5 Å². The number of piperidine rings is 1. The van der Waals surface area contributed by atoms with Crippen LogP contribution in [0.25, 0.3) is 0 Å². The Balaban J connectivity index is 1.34. The number of benzene rings is 1. The smallest absolute Gasteiger partial charge is 0.243 e. The van der Waals surface area contributed by atoms with Gasteiger partial charge in [-0.05, 0) is 43.4 Å². The molecule has 0 spiro atoms. The van der Waals surface area contributed by atoms with E-state index in [1.165, 1.54) is 19.3 Å². The van der Waals surface area contributed by atoms with Gasteiger partial charge in [0.2, 0.25) is 15.9 Å². The van der Waals surface area contributed by atoms with Crippen LogP contribution < -0.4 is 5.32 Å². The molecule has 4 rings (SSSR count). The van der Waals surface area contributed by atoms with E-state index < -0.39 is 10.0 Å². The molecule has 1 N–H and O–H groups in total. The predicted molar refractivity (Wildman–Crippen MR) is 124 cm³/mol. The monoisotopic (exact) mass is 463 g/mol. The molecule has 178 valence electrons. The first kappa shape index (κ1) is 23.7. The third kappa shape index (κ3) is 5.53. The fourth-order valence-electron chi connectivity index (χ4n) is 5.40. The maximum absolute atomic E-state index is 12.8. The number of hydrogen-bond donors (Lipinski definition) is 1. The van der Waals surface area contributed by atoms with Crippen molar-refractivity contribution in [3.8, 4) is 0 Å². The van der Waals surface area contributed by atoms with Crippen molar-refractivity contribution in [2.45, 2.75) is 68.2 Å². The van der Waals surface area contributed by atoms with Crippen molar-refractivity contribution in [2.75, 3.05) is 45.9 Å². The molecule has 0 unspecified atom stereocenters. The van der Waals surface area contributed by atoms with Crippen molar-refractivity contribution < 1.29 is 17.9 Å². The molecule has 1 aliphatic carbocycles. The Kier molecular flexibility index (Phi) is 7.87. The van der Waals surface area contributed by atoms with Gasteiger partial charge in [0, 0.05) is 38.3 Å². The van der Waals surface area contributed by atoms with Crippen molar-refractivity contribution in [3.05, 3.63) is 29.8 Å². The number of morpholine rings is 1. The minimum Gasteiger partial charge on any atom is -0.379 e. The molecule has 2 heterocycles. The zero-order chi connectivity index (χ0) is 22.4. The van der Waals surface area contributed by atoms with Gasteiger partial charge in [0.05, 0.1) is 24.5 Å². The van der Waals surface area contributed by atoms with E-state index in [9.17, 15) is 13.2 Å².